The van der Waals surface area contributed by atoms with Crippen LogP contribution < -0.4 is 20.3 Å². The number of morpholine rings is 1. The summed E-state index contributed by atoms with van der Waals surface area (Å²) in [6, 6.07) is 4.94. The molecule has 0 spiro atoms. The van der Waals surface area contributed by atoms with Crippen LogP contribution in [0.25, 0.3) is 11.3 Å². The molecule has 0 aliphatic carbocycles. The van der Waals surface area contributed by atoms with Gasteiger partial charge in [-0.2, -0.15) is 4.98 Å². The minimum absolute atomic E-state index is 0.0283. The first-order valence-electron chi connectivity index (χ1n) is 14.3. The minimum Gasteiger partial charge on any atom is -0.469 e. The second-order valence-corrected chi connectivity index (χ2v) is 11.5. The molecule has 6 rings (SSSR count). The number of halogens is 1. The van der Waals surface area contributed by atoms with Crippen LogP contribution in [0.1, 0.15) is 44.0 Å². The van der Waals surface area contributed by atoms with Gasteiger partial charge < -0.3 is 33.9 Å². The van der Waals surface area contributed by atoms with Gasteiger partial charge in [0.25, 0.3) is 5.91 Å². The van der Waals surface area contributed by atoms with Gasteiger partial charge in [0.2, 0.25) is 11.8 Å². The smallest absolute Gasteiger partial charge is 0.325 e. The Hall–Kier alpha value is -4.30. The summed E-state index contributed by atoms with van der Waals surface area (Å²) in [5.41, 5.74) is -0.0695. The van der Waals surface area contributed by atoms with E-state index in [1.165, 1.54) is 24.5 Å². The standard InChI is InChI=1S/C29H34FN7O6/c1-17-15-41-13-9-36(17)27-33-24(18-4-5-21(20(30)14-18)31-28(39)32-22-8-12-42-35-22)23-25(34-27)43-29(2,3)16-37(26(23)38)19-6-10-40-11-7-19/h4-5,8,12,14,17,19H,6-7,9-11,13,15-16H2,1-3H3,(H2,31,32,35,39)/t17-/m0/s1. The molecule has 3 aliphatic heterocycles. The SMILES string of the molecule is C[C@H]1COCCN1c1nc2c(c(-c3ccc(NC(=O)Nc4ccon4)c(F)c3)n1)C(=O)N(C1CCOCC1)CC(C)(C)O2. The van der Waals surface area contributed by atoms with E-state index in [1.54, 1.807) is 6.07 Å². The number of benzene rings is 1. The number of rotatable bonds is 5. The zero-order chi connectivity index (χ0) is 30.1. The molecule has 13 nitrogen and oxygen atoms in total. The summed E-state index contributed by atoms with van der Waals surface area (Å²) in [7, 11) is 0. The van der Waals surface area contributed by atoms with Crippen LogP contribution in [0, 0.1) is 5.82 Å². The largest absolute Gasteiger partial charge is 0.469 e. The Morgan fingerprint density at radius 1 is 1.07 bits per heavy atom. The third kappa shape index (κ3) is 6.11. The lowest BCUT2D eigenvalue weighted by atomic mass is 10.0. The molecule has 5 heterocycles. The van der Waals surface area contributed by atoms with Crippen molar-refractivity contribution in [1.82, 2.24) is 20.0 Å². The van der Waals surface area contributed by atoms with Crippen molar-refractivity contribution in [2.45, 2.75) is 51.3 Å². The lowest BCUT2D eigenvalue weighted by Gasteiger charge is -2.36. The molecule has 43 heavy (non-hydrogen) atoms. The van der Waals surface area contributed by atoms with Crippen LogP contribution in [-0.4, -0.2) is 89.2 Å². The minimum atomic E-state index is -0.755. The Morgan fingerprint density at radius 3 is 2.60 bits per heavy atom. The molecule has 14 heteroatoms. The molecule has 0 saturated carbocycles. The van der Waals surface area contributed by atoms with Crippen LogP contribution in [0.2, 0.25) is 0 Å². The first kappa shape index (κ1) is 28.8. The van der Waals surface area contributed by atoms with Crippen molar-refractivity contribution in [2.75, 3.05) is 55.1 Å². The molecule has 3 amide bonds. The van der Waals surface area contributed by atoms with E-state index in [-0.39, 0.29) is 46.6 Å². The fourth-order valence-corrected chi connectivity index (χ4v) is 5.58. The van der Waals surface area contributed by atoms with E-state index < -0.39 is 17.4 Å². The van der Waals surface area contributed by atoms with Crippen molar-refractivity contribution in [2.24, 2.45) is 0 Å². The van der Waals surface area contributed by atoms with Crippen molar-refractivity contribution in [3.8, 4) is 17.1 Å². The van der Waals surface area contributed by atoms with E-state index >= 15 is 4.39 Å². The predicted octanol–water partition coefficient (Wildman–Crippen LogP) is 3.93. The number of carbonyl (C=O) groups excluding carboxylic acids is 2. The molecule has 0 bridgehead atoms. The average molecular weight is 596 g/mol. The summed E-state index contributed by atoms with van der Waals surface area (Å²) in [5.74, 6) is -0.303. The number of urea groups is 1. The maximum Gasteiger partial charge on any atom is 0.325 e. The predicted molar refractivity (Wildman–Crippen MR) is 154 cm³/mol. The molecular formula is C29H34FN7O6. The number of nitrogens with one attached hydrogen (secondary N) is 2. The van der Waals surface area contributed by atoms with E-state index in [1.807, 2.05) is 30.6 Å². The number of anilines is 3. The van der Waals surface area contributed by atoms with Crippen molar-refractivity contribution in [3.05, 3.63) is 41.9 Å². The normalized spacial score (nSPS) is 20.7. The highest BCUT2D eigenvalue weighted by atomic mass is 19.1. The van der Waals surface area contributed by atoms with Crippen molar-refractivity contribution in [3.63, 3.8) is 0 Å². The van der Waals surface area contributed by atoms with Gasteiger partial charge in [-0.3, -0.25) is 10.1 Å². The molecule has 0 radical (unpaired) electrons. The molecule has 1 atom stereocenters. The third-order valence-electron chi connectivity index (χ3n) is 7.69. The molecule has 2 fully saturated rings. The summed E-state index contributed by atoms with van der Waals surface area (Å²) in [4.78, 5) is 40.1. The Balaban J connectivity index is 1.42. The zero-order valence-corrected chi connectivity index (χ0v) is 24.3. The Morgan fingerprint density at radius 2 is 1.88 bits per heavy atom. The molecule has 2 aromatic heterocycles. The van der Waals surface area contributed by atoms with E-state index in [4.69, 9.17) is 28.7 Å². The monoisotopic (exact) mass is 595 g/mol. The van der Waals surface area contributed by atoms with Crippen molar-refractivity contribution < 1.29 is 32.7 Å². The first-order valence-corrected chi connectivity index (χ1v) is 14.3. The summed E-state index contributed by atoms with van der Waals surface area (Å²) >= 11 is 0. The lowest BCUT2D eigenvalue weighted by Crippen LogP contribution is -2.49. The molecule has 3 aliphatic rings. The summed E-state index contributed by atoms with van der Waals surface area (Å²) in [6.45, 7) is 8.83. The maximum atomic E-state index is 15.5. The topological polar surface area (TPSA) is 144 Å². The van der Waals surface area contributed by atoms with Crippen LogP contribution >= 0.6 is 0 Å². The summed E-state index contributed by atoms with van der Waals surface area (Å²) < 4.78 is 37.8. The Kier molecular flexibility index (Phi) is 7.88. The molecule has 0 unspecified atom stereocenters. The van der Waals surface area contributed by atoms with Gasteiger partial charge in [0.1, 0.15) is 23.2 Å². The van der Waals surface area contributed by atoms with Crippen molar-refractivity contribution >= 4 is 29.4 Å². The zero-order valence-electron chi connectivity index (χ0n) is 24.3. The van der Waals surface area contributed by atoms with Gasteiger partial charge in [0.15, 0.2) is 5.82 Å². The quantitative estimate of drug-likeness (QED) is 0.445. The molecule has 1 aromatic carbocycles. The number of amides is 3. The van der Waals surface area contributed by atoms with Crippen molar-refractivity contribution in [1.29, 1.82) is 0 Å². The summed E-state index contributed by atoms with van der Waals surface area (Å²) in [6.07, 6.45) is 2.70. The molecular weight excluding hydrogens is 561 g/mol. The molecule has 2 N–H and O–H groups in total. The first-order chi connectivity index (χ1) is 20.7. The molecule has 3 aromatic rings. The van der Waals surface area contributed by atoms with Gasteiger partial charge in [0, 0.05) is 37.4 Å². The fraction of sp³-hybridized carbons (Fsp3) is 0.483. The number of nitrogens with zero attached hydrogens (tertiary/aromatic N) is 5. The van der Waals surface area contributed by atoms with Gasteiger partial charge in [-0.05, 0) is 45.7 Å². The van der Waals surface area contributed by atoms with E-state index in [2.05, 4.69) is 15.8 Å². The van der Waals surface area contributed by atoms with Crippen LogP contribution in [0.3, 0.4) is 0 Å². The van der Waals surface area contributed by atoms with Gasteiger partial charge in [0.05, 0.1) is 37.2 Å². The Labute approximate surface area is 247 Å². The number of aromatic nitrogens is 3. The summed E-state index contributed by atoms with van der Waals surface area (Å²) in [5, 5.41) is 8.53. The van der Waals surface area contributed by atoms with Gasteiger partial charge in [-0.1, -0.05) is 11.2 Å². The number of hydrogen-bond donors (Lipinski definition) is 2. The maximum absolute atomic E-state index is 15.5. The number of fused-ring (bicyclic) bond motifs is 1. The van der Waals surface area contributed by atoms with Gasteiger partial charge in [-0.15, -0.1) is 0 Å². The van der Waals surface area contributed by atoms with Gasteiger partial charge in [-0.25, -0.2) is 14.2 Å². The lowest BCUT2D eigenvalue weighted by molar-refractivity contribution is 0.00670. The highest BCUT2D eigenvalue weighted by molar-refractivity contribution is 6.03. The number of ether oxygens (including phenoxy) is 3. The van der Waals surface area contributed by atoms with E-state index in [0.717, 1.165) is 0 Å². The molecule has 2 saturated heterocycles. The second-order valence-electron chi connectivity index (χ2n) is 11.5. The van der Waals surface area contributed by atoms with E-state index in [0.29, 0.717) is 63.9 Å². The van der Waals surface area contributed by atoms with E-state index in [9.17, 15) is 9.59 Å². The number of hydrogen-bond acceptors (Lipinski definition) is 10. The highest BCUT2D eigenvalue weighted by Gasteiger charge is 2.41. The average Bonchev–Trinajstić information content (AvgIpc) is 3.46. The fourth-order valence-electron chi connectivity index (χ4n) is 5.58. The second kappa shape index (κ2) is 11.8. The van der Waals surface area contributed by atoms with Crippen LogP contribution in [-0.2, 0) is 9.47 Å². The third-order valence-corrected chi connectivity index (χ3v) is 7.69. The number of carbonyl (C=O) groups is 2. The highest BCUT2D eigenvalue weighted by Crippen LogP contribution is 2.38. The molecule has 228 valence electrons. The van der Waals surface area contributed by atoms with Crippen LogP contribution in [0.15, 0.2) is 35.1 Å². The Bertz CT molecular complexity index is 1490. The van der Waals surface area contributed by atoms with Crippen LogP contribution in [0.5, 0.6) is 5.88 Å². The van der Waals surface area contributed by atoms with Crippen LogP contribution in [0.4, 0.5) is 26.6 Å². The van der Waals surface area contributed by atoms with Gasteiger partial charge >= 0.3 is 6.03 Å².